The first-order valence-electron chi connectivity index (χ1n) is 6.52. The minimum atomic E-state index is -0.601. The minimum Gasteiger partial charge on any atom is -0.365 e. The van der Waals surface area contributed by atoms with Gasteiger partial charge in [-0.15, -0.1) is 0 Å². The largest absolute Gasteiger partial charge is 0.365 e. The summed E-state index contributed by atoms with van der Waals surface area (Å²) >= 11 is 0. The molecule has 0 aliphatic rings. The third-order valence-corrected chi connectivity index (χ3v) is 3.06. The normalized spacial score (nSPS) is 10.8. The number of rotatable bonds is 5. The van der Waals surface area contributed by atoms with E-state index in [-0.39, 0.29) is 12.5 Å². The van der Waals surface area contributed by atoms with Gasteiger partial charge in [0.15, 0.2) is 0 Å². The molecule has 2 rings (SSSR count). The average molecular weight is 293 g/mol. The van der Waals surface area contributed by atoms with Crippen LogP contribution in [0.3, 0.4) is 0 Å². The number of nitrogens with two attached hydrogens (primary N) is 1. The number of anilines is 2. The van der Waals surface area contributed by atoms with Crippen molar-refractivity contribution in [1.82, 2.24) is 9.97 Å². The van der Waals surface area contributed by atoms with Gasteiger partial charge in [0.1, 0.15) is 29.6 Å². The standard InChI is InChI=1S/C14H17F2N5/c1-8(2)12-13(19-7-20-14(12)21-17)18-6-9-3-4-10(15)5-11(9)16/h3-5,7-8H,6,17H2,1-2H3,(H2,18,19,20,21). The van der Waals surface area contributed by atoms with Crippen molar-refractivity contribution in [2.75, 3.05) is 10.7 Å². The summed E-state index contributed by atoms with van der Waals surface area (Å²) in [6.07, 6.45) is 1.37. The van der Waals surface area contributed by atoms with Crippen molar-refractivity contribution in [3.05, 3.63) is 47.3 Å². The number of benzene rings is 1. The van der Waals surface area contributed by atoms with Crippen LogP contribution in [0.5, 0.6) is 0 Å². The second-order valence-corrected chi connectivity index (χ2v) is 4.87. The predicted octanol–water partition coefficient (Wildman–Crippen LogP) is 2.78. The lowest BCUT2D eigenvalue weighted by Crippen LogP contribution is -2.15. The van der Waals surface area contributed by atoms with Crippen LogP contribution in [0, 0.1) is 11.6 Å². The molecule has 0 aliphatic heterocycles. The Bertz CT molecular complexity index is 631. The summed E-state index contributed by atoms with van der Waals surface area (Å²) in [5.41, 5.74) is 3.68. The van der Waals surface area contributed by atoms with E-state index in [4.69, 9.17) is 5.84 Å². The van der Waals surface area contributed by atoms with Gasteiger partial charge in [0.05, 0.1) is 0 Å². The molecule has 0 bridgehead atoms. The summed E-state index contributed by atoms with van der Waals surface area (Å²) in [6, 6.07) is 3.47. The first kappa shape index (κ1) is 15.1. The third kappa shape index (κ3) is 3.43. The van der Waals surface area contributed by atoms with Gasteiger partial charge in [-0.2, -0.15) is 0 Å². The Morgan fingerprint density at radius 2 is 1.90 bits per heavy atom. The van der Waals surface area contributed by atoms with Gasteiger partial charge < -0.3 is 10.7 Å². The number of hydrazine groups is 1. The fourth-order valence-corrected chi connectivity index (χ4v) is 2.04. The van der Waals surface area contributed by atoms with Crippen molar-refractivity contribution >= 4 is 11.6 Å². The number of halogens is 2. The van der Waals surface area contributed by atoms with E-state index < -0.39 is 11.6 Å². The zero-order valence-corrected chi connectivity index (χ0v) is 11.8. The van der Waals surface area contributed by atoms with Crippen LogP contribution >= 0.6 is 0 Å². The van der Waals surface area contributed by atoms with Crippen LogP contribution in [0.25, 0.3) is 0 Å². The van der Waals surface area contributed by atoms with Gasteiger partial charge in [-0.1, -0.05) is 19.9 Å². The Labute approximate surface area is 121 Å². The van der Waals surface area contributed by atoms with E-state index in [0.717, 1.165) is 11.6 Å². The summed E-state index contributed by atoms with van der Waals surface area (Å²) in [6.45, 7) is 4.14. The molecule has 0 saturated heterocycles. The van der Waals surface area contributed by atoms with Gasteiger partial charge >= 0.3 is 0 Å². The molecule has 112 valence electrons. The van der Waals surface area contributed by atoms with E-state index in [0.29, 0.717) is 17.2 Å². The molecule has 5 nitrogen and oxygen atoms in total. The van der Waals surface area contributed by atoms with Crippen LogP contribution in [-0.2, 0) is 6.54 Å². The highest BCUT2D eigenvalue weighted by molar-refractivity contribution is 5.58. The number of aromatic nitrogens is 2. The molecule has 0 radical (unpaired) electrons. The molecule has 1 heterocycles. The summed E-state index contributed by atoms with van der Waals surface area (Å²) in [5.74, 6) is 5.44. The van der Waals surface area contributed by atoms with E-state index >= 15 is 0 Å². The molecule has 2 aromatic rings. The molecule has 0 saturated carbocycles. The smallest absolute Gasteiger partial charge is 0.148 e. The zero-order chi connectivity index (χ0) is 15.4. The molecule has 7 heteroatoms. The number of nitrogens with one attached hydrogen (secondary N) is 2. The molecule has 1 aromatic carbocycles. The summed E-state index contributed by atoms with van der Waals surface area (Å²) in [4.78, 5) is 8.21. The first-order valence-corrected chi connectivity index (χ1v) is 6.52. The molecular weight excluding hydrogens is 276 g/mol. The van der Waals surface area contributed by atoms with Gasteiger partial charge in [-0.05, 0) is 12.0 Å². The maximum atomic E-state index is 13.6. The number of hydrogen-bond donors (Lipinski definition) is 3. The minimum absolute atomic E-state index is 0.123. The van der Waals surface area contributed by atoms with Crippen molar-refractivity contribution in [2.24, 2.45) is 5.84 Å². The van der Waals surface area contributed by atoms with Crippen molar-refractivity contribution < 1.29 is 8.78 Å². The van der Waals surface area contributed by atoms with E-state index in [1.807, 2.05) is 13.8 Å². The number of nitrogens with zero attached hydrogens (tertiary/aromatic N) is 2. The van der Waals surface area contributed by atoms with E-state index in [9.17, 15) is 8.78 Å². The molecule has 0 unspecified atom stereocenters. The van der Waals surface area contributed by atoms with E-state index in [1.54, 1.807) is 0 Å². The van der Waals surface area contributed by atoms with Gasteiger partial charge in [-0.3, -0.25) is 0 Å². The van der Waals surface area contributed by atoms with Crippen LogP contribution in [0.2, 0.25) is 0 Å². The van der Waals surface area contributed by atoms with E-state index in [1.165, 1.54) is 18.5 Å². The lowest BCUT2D eigenvalue weighted by molar-refractivity contribution is 0.574. The number of nitrogen functional groups attached to an aromatic ring is 1. The zero-order valence-electron chi connectivity index (χ0n) is 11.8. The van der Waals surface area contributed by atoms with Gasteiger partial charge in [0, 0.05) is 23.7 Å². The Morgan fingerprint density at radius 1 is 1.19 bits per heavy atom. The highest BCUT2D eigenvalue weighted by Crippen LogP contribution is 2.28. The molecular formula is C14H17F2N5. The first-order chi connectivity index (χ1) is 10.0. The fourth-order valence-electron chi connectivity index (χ4n) is 2.04. The molecule has 0 amide bonds. The molecule has 0 aliphatic carbocycles. The average Bonchev–Trinajstić information content (AvgIpc) is 2.45. The Kier molecular flexibility index (Phi) is 4.64. The van der Waals surface area contributed by atoms with Crippen LogP contribution in [0.15, 0.2) is 24.5 Å². The second kappa shape index (κ2) is 6.45. The Morgan fingerprint density at radius 3 is 2.52 bits per heavy atom. The monoisotopic (exact) mass is 293 g/mol. The highest BCUT2D eigenvalue weighted by Gasteiger charge is 2.14. The van der Waals surface area contributed by atoms with E-state index in [2.05, 4.69) is 20.7 Å². The van der Waals surface area contributed by atoms with Gasteiger partial charge in [-0.25, -0.2) is 24.6 Å². The summed E-state index contributed by atoms with van der Waals surface area (Å²) in [7, 11) is 0. The SMILES string of the molecule is CC(C)c1c(NN)ncnc1NCc1ccc(F)cc1F. The molecule has 21 heavy (non-hydrogen) atoms. The molecule has 0 atom stereocenters. The molecule has 1 aromatic heterocycles. The van der Waals surface area contributed by atoms with Gasteiger partial charge in [0.25, 0.3) is 0 Å². The summed E-state index contributed by atoms with van der Waals surface area (Å²) in [5, 5.41) is 3.04. The Balaban J connectivity index is 2.23. The third-order valence-electron chi connectivity index (χ3n) is 3.06. The van der Waals surface area contributed by atoms with Crippen molar-refractivity contribution in [1.29, 1.82) is 0 Å². The Hall–Kier alpha value is -2.28. The van der Waals surface area contributed by atoms with Crippen molar-refractivity contribution in [3.63, 3.8) is 0 Å². The lowest BCUT2D eigenvalue weighted by Gasteiger charge is -2.16. The summed E-state index contributed by atoms with van der Waals surface area (Å²) < 4.78 is 26.5. The lowest BCUT2D eigenvalue weighted by atomic mass is 10.0. The maximum Gasteiger partial charge on any atom is 0.148 e. The van der Waals surface area contributed by atoms with Crippen molar-refractivity contribution in [2.45, 2.75) is 26.3 Å². The molecule has 0 spiro atoms. The molecule has 0 fully saturated rings. The van der Waals surface area contributed by atoms with Crippen LogP contribution in [0.4, 0.5) is 20.4 Å². The predicted molar refractivity (Wildman–Crippen MR) is 77.6 cm³/mol. The fraction of sp³-hybridized carbons (Fsp3) is 0.286. The second-order valence-electron chi connectivity index (χ2n) is 4.87. The highest BCUT2D eigenvalue weighted by atomic mass is 19.1. The van der Waals surface area contributed by atoms with Crippen molar-refractivity contribution in [3.8, 4) is 0 Å². The number of hydrogen-bond acceptors (Lipinski definition) is 5. The topological polar surface area (TPSA) is 75.9 Å². The van der Waals surface area contributed by atoms with Crippen LogP contribution < -0.4 is 16.6 Å². The van der Waals surface area contributed by atoms with Gasteiger partial charge in [0.2, 0.25) is 0 Å². The maximum absolute atomic E-state index is 13.6. The van der Waals surface area contributed by atoms with Crippen LogP contribution in [0.1, 0.15) is 30.9 Å². The quantitative estimate of drug-likeness (QED) is 0.584. The molecule has 4 N–H and O–H groups in total. The van der Waals surface area contributed by atoms with Crippen LogP contribution in [-0.4, -0.2) is 9.97 Å².